The lowest BCUT2D eigenvalue weighted by molar-refractivity contribution is -0.118. The first-order chi connectivity index (χ1) is 2.89. The number of rotatable bonds is 0. The molecule has 1 rings (SSSR count). The Labute approximate surface area is 44.0 Å². The average molecular weight is 119 g/mol. The van der Waals surface area contributed by atoms with E-state index in [0.29, 0.717) is 0 Å². The minimum absolute atomic E-state index is 0. The largest absolute Gasteiger partial charge is 0.271 e. The summed E-state index contributed by atoms with van der Waals surface area (Å²) in [5.41, 5.74) is 2.14. The van der Waals surface area contributed by atoms with Crippen LogP contribution in [0.3, 0.4) is 0 Å². The first-order valence-corrected chi connectivity index (χ1v) is 1.55. The highest BCUT2D eigenvalue weighted by molar-refractivity contribution is 6.92. The lowest BCUT2D eigenvalue weighted by atomic mass is 10.7. The summed E-state index contributed by atoms with van der Waals surface area (Å²) in [6.07, 6.45) is 0. The van der Waals surface area contributed by atoms with Gasteiger partial charge in [0.25, 0.3) is 5.91 Å². The molecular formula is C2H6N3OP. The van der Waals surface area contributed by atoms with Crippen LogP contribution < -0.4 is 5.43 Å². The summed E-state index contributed by atoms with van der Waals surface area (Å²) in [7, 11) is 0. The molecule has 0 saturated carbocycles. The number of hydrogen-bond acceptors (Lipinski definition) is 3. The molecule has 0 aromatic rings. The average Bonchev–Trinajstić information content (AvgIpc) is 1.86. The van der Waals surface area contributed by atoms with E-state index in [9.17, 15) is 4.79 Å². The Hall–Kier alpha value is -0.500. The van der Waals surface area contributed by atoms with Crippen molar-refractivity contribution >= 4 is 15.8 Å². The van der Waals surface area contributed by atoms with Crippen molar-refractivity contribution in [2.75, 3.05) is 6.54 Å². The molecule has 0 bridgehead atoms. The number of nitrogens with one attached hydrogen (secondary N) is 1. The van der Waals surface area contributed by atoms with Crippen molar-refractivity contribution in [2.45, 2.75) is 0 Å². The van der Waals surface area contributed by atoms with E-state index in [4.69, 9.17) is 0 Å². The molecule has 0 aliphatic carbocycles. The first kappa shape index (κ1) is 6.50. The van der Waals surface area contributed by atoms with Crippen LogP contribution in [-0.4, -0.2) is 12.5 Å². The Morgan fingerprint density at radius 2 is 2.43 bits per heavy atom. The second-order valence-corrected chi connectivity index (χ2v) is 0.935. The third-order valence-corrected chi connectivity index (χ3v) is 0.460. The minimum atomic E-state index is -0.130. The predicted octanol–water partition coefficient (Wildman–Crippen LogP) is -0.459. The third kappa shape index (κ3) is 1.59. The summed E-state index contributed by atoms with van der Waals surface area (Å²) >= 11 is 0. The van der Waals surface area contributed by atoms with Crippen LogP contribution in [0.4, 0.5) is 0 Å². The van der Waals surface area contributed by atoms with Gasteiger partial charge in [-0.3, -0.25) is 4.79 Å². The summed E-state index contributed by atoms with van der Waals surface area (Å²) in [6.45, 7) is 0.194. The molecule has 1 amide bonds. The van der Waals surface area contributed by atoms with Gasteiger partial charge >= 0.3 is 0 Å². The van der Waals surface area contributed by atoms with Gasteiger partial charge in [-0.05, 0) is 0 Å². The number of amides is 1. The van der Waals surface area contributed by atoms with E-state index in [-0.39, 0.29) is 22.4 Å². The SMILES string of the molecule is O=C1CN=NN1.P. The lowest BCUT2D eigenvalue weighted by Gasteiger charge is -1.73. The van der Waals surface area contributed by atoms with Gasteiger partial charge in [-0.1, -0.05) is 5.22 Å². The highest BCUT2D eigenvalue weighted by Crippen LogP contribution is 1.79. The third-order valence-electron chi connectivity index (χ3n) is 0.460. The van der Waals surface area contributed by atoms with E-state index >= 15 is 0 Å². The molecule has 0 aromatic carbocycles. The second kappa shape index (κ2) is 2.64. The molecule has 5 heteroatoms. The van der Waals surface area contributed by atoms with Gasteiger partial charge in [-0.2, -0.15) is 15.0 Å². The molecule has 7 heavy (non-hydrogen) atoms. The Morgan fingerprint density at radius 3 is 2.57 bits per heavy atom. The molecule has 0 fully saturated rings. The monoisotopic (exact) mass is 119 g/mol. The molecule has 4 nitrogen and oxygen atoms in total. The highest BCUT2D eigenvalue weighted by atomic mass is 31.0. The molecule has 1 N–H and O–H groups in total. The zero-order valence-electron chi connectivity index (χ0n) is 3.72. The lowest BCUT2D eigenvalue weighted by Crippen LogP contribution is -2.11. The van der Waals surface area contributed by atoms with Crippen molar-refractivity contribution in [3.8, 4) is 0 Å². The molecular weight excluding hydrogens is 113 g/mol. The maximum absolute atomic E-state index is 9.94. The summed E-state index contributed by atoms with van der Waals surface area (Å²) in [5.74, 6) is -0.130. The summed E-state index contributed by atoms with van der Waals surface area (Å²) in [6, 6.07) is 0. The van der Waals surface area contributed by atoms with E-state index in [1.54, 1.807) is 0 Å². The fourth-order valence-corrected chi connectivity index (χ4v) is 0.226. The van der Waals surface area contributed by atoms with Gasteiger partial charge in [0.2, 0.25) is 0 Å². The van der Waals surface area contributed by atoms with Gasteiger partial charge in [0.15, 0.2) is 0 Å². The Morgan fingerprint density at radius 1 is 1.71 bits per heavy atom. The fourth-order valence-electron chi connectivity index (χ4n) is 0.226. The van der Waals surface area contributed by atoms with Crippen LogP contribution in [0.5, 0.6) is 0 Å². The summed E-state index contributed by atoms with van der Waals surface area (Å²) in [4.78, 5) is 9.94. The fraction of sp³-hybridized carbons (Fsp3) is 0.500. The zero-order chi connectivity index (χ0) is 4.41. The highest BCUT2D eigenvalue weighted by Gasteiger charge is 2.00. The molecule has 1 atom stereocenters. The van der Waals surface area contributed by atoms with Crippen molar-refractivity contribution < 1.29 is 4.79 Å². The molecule has 1 aliphatic rings. The van der Waals surface area contributed by atoms with Crippen LogP contribution in [0.2, 0.25) is 0 Å². The van der Waals surface area contributed by atoms with Gasteiger partial charge in [0, 0.05) is 0 Å². The molecule has 0 spiro atoms. The van der Waals surface area contributed by atoms with Gasteiger partial charge in [0.05, 0.1) is 0 Å². The number of nitrogens with zero attached hydrogens (tertiary/aromatic N) is 2. The van der Waals surface area contributed by atoms with Crippen LogP contribution in [0.25, 0.3) is 0 Å². The quantitative estimate of drug-likeness (QED) is 0.431. The second-order valence-electron chi connectivity index (χ2n) is 0.935. The maximum atomic E-state index is 9.94. The zero-order valence-corrected chi connectivity index (χ0v) is 5.13. The van der Waals surface area contributed by atoms with Crippen molar-refractivity contribution in [3.05, 3.63) is 0 Å². The van der Waals surface area contributed by atoms with Crippen molar-refractivity contribution in [2.24, 2.45) is 10.3 Å². The summed E-state index contributed by atoms with van der Waals surface area (Å²) < 4.78 is 0. The maximum Gasteiger partial charge on any atom is 0.265 e. The van der Waals surface area contributed by atoms with Crippen LogP contribution in [0.1, 0.15) is 0 Å². The normalized spacial score (nSPS) is 15.7. The van der Waals surface area contributed by atoms with Crippen LogP contribution >= 0.6 is 9.90 Å². The molecule has 0 saturated heterocycles. The summed E-state index contributed by atoms with van der Waals surface area (Å²) in [5, 5.41) is 6.52. The van der Waals surface area contributed by atoms with E-state index in [0.717, 1.165) is 0 Å². The standard InChI is InChI=1S/C2H3N3O.H3P/c6-2-1-3-5-4-2;/h1H2,(H,3,4,6);1H3. The molecule has 1 aliphatic heterocycles. The first-order valence-electron chi connectivity index (χ1n) is 1.55. The Bertz CT molecular complexity index is 91.1. The molecule has 1 heterocycles. The van der Waals surface area contributed by atoms with Crippen molar-refractivity contribution in [3.63, 3.8) is 0 Å². The number of hydrogen-bond donors (Lipinski definition) is 1. The molecule has 1 unspecified atom stereocenters. The minimum Gasteiger partial charge on any atom is -0.271 e. The van der Waals surface area contributed by atoms with Crippen LogP contribution in [0, 0.1) is 0 Å². The predicted molar refractivity (Wildman–Crippen MR) is 29.0 cm³/mol. The van der Waals surface area contributed by atoms with Gasteiger partial charge < -0.3 is 0 Å². The van der Waals surface area contributed by atoms with E-state index in [1.165, 1.54) is 0 Å². The Kier molecular flexibility index (Phi) is 2.45. The smallest absolute Gasteiger partial charge is 0.265 e. The van der Waals surface area contributed by atoms with Gasteiger partial charge in [-0.15, -0.1) is 0 Å². The van der Waals surface area contributed by atoms with Crippen LogP contribution in [-0.2, 0) is 4.79 Å². The van der Waals surface area contributed by atoms with Crippen molar-refractivity contribution in [1.29, 1.82) is 0 Å². The van der Waals surface area contributed by atoms with Crippen molar-refractivity contribution in [1.82, 2.24) is 5.43 Å². The van der Waals surface area contributed by atoms with Gasteiger partial charge in [0.1, 0.15) is 6.54 Å². The molecule has 40 valence electrons. The van der Waals surface area contributed by atoms with Gasteiger partial charge in [-0.25, -0.2) is 5.43 Å². The number of carbonyl (C=O) groups is 1. The molecule has 0 aromatic heterocycles. The topological polar surface area (TPSA) is 53.8 Å². The van der Waals surface area contributed by atoms with Crippen LogP contribution in [0.15, 0.2) is 10.3 Å². The molecule has 0 radical (unpaired) electrons. The Balaban J connectivity index is 0.000000360. The van der Waals surface area contributed by atoms with E-state index in [2.05, 4.69) is 15.8 Å². The van der Waals surface area contributed by atoms with E-state index in [1.807, 2.05) is 0 Å². The van der Waals surface area contributed by atoms with E-state index < -0.39 is 0 Å². The number of carbonyl (C=O) groups excluding carboxylic acids is 1.